The highest BCUT2D eigenvalue weighted by atomic mass is 16.2. The van der Waals surface area contributed by atoms with Crippen molar-refractivity contribution < 1.29 is 4.79 Å². The van der Waals surface area contributed by atoms with Gasteiger partial charge >= 0.3 is 0 Å². The van der Waals surface area contributed by atoms with E-state index in [1.165, 1.54) is 0 Å². The lowest BCUT2D eigenvalue weighted by Crippen LogP contribution is -2.20. The molecule has 6 rings (SSSR count). The minimum Gasteiger partial charge on any atom is -0.362 e. The number of fused-ring (bicyclic) bond motifs is 4. The molecule has 162 valence electrons. The summed E-state index contributed by atoms with van der Waals surface area (Å²) < 4.78 is 1.72. The van der Waals surface area contributed by atoms with E-state index in [9.17, 15) is 9.59 Å². The van der Waals surface area contributed by atoms with Crippen molar-refractivity contribution in [2.24, 2.45) is 0 Å². The van der Waals surface area contributed by atoms with Gasteiger partial charge in [0.1, 0.15) is 0 Å². The molecule has 0 unspecified atom stereocenters. The number of para-hydroxylation sites is 1. The molecule has 1 aliphatic rings. The maximum absolute atomic E-state index is 13.2. The molecule has 2 N–H and O–H groups in total. The topological polar surface area (TPSA) is 66.9 Å². The summed E-state index contributed by atoms with van der Waals surface area (Å²) in [5.41, 5.74) is 4.63. The number of hydrogen-bond acceptors (Lipinski definition) is 2. The molecule has 5 aromatic rings. The fourth-order valence-corrected chi connectivity index (χ4v) is 4.47. The van der Waals surface area contributed by atoms with E-state index >= 15 is 0 Å². The highest BCUT2D eigenvalue weighted by molar-refractivity contribution is 6.34. The SMILES string of the molecule is O=C1Nc2ccc(C#CCn3c(=O)c4ccccc4c4ccccc43)cc2C1=Cc1ccc[nH]1. The van der Waals surface area contributed by atoms with Crippen molar-refractivity contribution in [1.29, 1.82) is 0 Å². The minimum atomic E-state index is -0.135. The summed E-state index contributed by atoms with van der Waals surface area (Å²) >= 11 is 0. The van der Waals surface area contributed by atoms with Crippen LogP contribution < -0.4 is 10.9 Å². The van der Waals surface area contributed by atoms with E-state index in [4.69, 9.17) is 0 Å². The monoisotopic (exact) mass is 441 g/mol. The van der Waals surface area contributed by atoms with Crippen LogP contribution >= 0.6 is 0 Å². The molecule has 0 spiro atoms. The molecule has 0 atom stereocenters. The average molecular weight is 441 g/mol. The lowest BCUT2D eigenvalue weighted by Gasteiger charge is -2.10. The predicted octanol–water partition coefficient (Wildman–Crippen LogP) is 5.03. The fraction of sp³-hybridized carbons (Fsp3) is 0.0345. The Kier molecular flexibility index (Phi) is 4.64. The van der Waals surface area contributed by atoms with Crippen LogP contribution in [0.5, 0.6) is 0 Å². The number of rotatable bonds is 2. The lowest BCUT2D eigenvalue weighted by molar-refractivity contribution is -0.110. The van der Waals surface area contributed by atoms with Gasteiger partial charge < -0.3 is 10.3 Å². The Morgan fingerprint density at radius 1 is 0.853 bits per heavy atom. The summed E-state index contributed by atoms with van der Waals surface area (Å²) in [5, 5.41) is 5.56. The minimum absolute atomic E-state index is 0.0523. The van der Waals surface area contributed by atoms with Gasteiger partial charge in [-0.2, -0.15) is 0 Å². The number of aromatic amines is 1. The first-order valence-corrected chi connectivity index (χ1v) is 11.0. The van der Waals surface area contributed by atoms with Crippen LogP contribution in [0.4, 0.5) is 5.69 Å². The van der Waals surface area contributed by atoms with Gasteiger partial charge in [-0.15, -0.1) is 0 Å². The van der Waals surface area contributed by atoms with Gasteiger partial charge in [0, 0.05) is 39.5 Å². The van der Waals surface area contributed by atoms with Crippen molar-refractivity contribution in [3.8, 4) is 11.8 Å². The quantitative estimate of drug-likeness (QED) is 0.229. The zero-order valence-electron chi connectivity index (χ0n) is 18.1. The molecule has 0 saturated heterocycles. The number of benzene rings is 3. The van der Waals surface area contributed by atoms with Crippen molar-refractivity contribution in [3.63, 3.8) is 0 Å². The molecule has 5 heteroatoms. The van der Waals surface area contributed by atoms with Crippen molar-refractivity contribution >= 4 is 44.9 Å². The van der Waals surface area contributed by atoms with Crippen molar-refractivity contribution in [3.05, 3.63) is 112 Å². The van der Waals surface area contributed by atoms with Gasteiger partial charge in [-0.3, -0.25) is 14.2 Å². The first kappa shape index (κ1) is 19.8. The molecule has 1 aliphatic heterocycles. The molecular formula is C29H19N3O2. The zero-order valence-corrected chi connectivity index (χ0v) is 18.1. The highest BCUT2D eigenvalue weighted by Gasteiger charge is 2.24. The first-order chi connectivity index (χ1) is 16.7. The second-order valence-electron chi connectivity index (χ2n) is 8.15. The maximum atomic E-state index is 13.2. The van der Waals surface area contributed by atoms with Crippen LogP contribution in [0, 0.1) is 11.8 Å². The van der Waals surface area contributed by atoms with Crippen molar-refractivity contribution in [2.75, 3.05) is 5.32 Å². The van der Waals surface area contributed by atoms with Crippen LogP contribution in [-0.4, -0.2) is 15.5 Å². The van der Waals surface area contributed by atoms with E-state index < -0.39 is 0 Å². The molecule has 2 aromatic heterocycles. The second-order valence-corrected chi connectivity index (χ2v) is 8.15. The van der Waals surface area contributed by atoms with E-state index in [2.05, 4.69) is 22.1 Å². The predicted molar refractivity (Wildman–Crippen MR) is 136 cm³/mol. The summed E-state index contributed by atoms with van der Waals surface area (Å²) in [5.74, 6) is 6.20. The number of H-pyrrole nitrogens is 1. The molecule has 0 bridgehead atoms. The van der Waals surface area contributed by atoms with Crippen molar-refractivity contribution in [2.45, 2.75) is 6.54 Å². The molecule has 5 nitrogen and oxygen atoms in total. The Balaban J connectivity index is 1.38. The van der Waals surface area contributed by atoms with Crippen LogP contribution in [-0.2, 0) is 11.3 Å². The third kappa shape index (κ3) is 3.30. The van der Waals surface area contributed by atoms with E-state index in [1.54, 1.807) is 4.57 Å². The summed E-state index contributed by atoms with van der Waals surface area (Å²) in [6.07, 6.45) is 3.65. The Morgan fingerprint density at radius 2 is 1.65 bits per heavy atom. The number of hydrogen-bond donors (Lipinski definition) is 2. The lowest BCUT2D eigenvalue weighted by atomic mass is 10.0. The maximum Gasteiger partial charge on any atom is 0.259 e. The largest absolute Gasteiger partial charge is 0.362 e. The van der Waals surface area contributed by atoms with Gasteiger partial charge in [-0.1, -0.05) is 48.2 Å². The van der Waals surface area contributed by atoms with Crippen LogP contribution in [0.1, 0.15) is 16.8 Å². The number of aromatic nitrogens is 2. The molecule has 0 aliphatic carbocycles. The van der Waals surface area contributed by atoms with Gasteiger partial charge in [0.25, 0.3) is 11.5 Å². The average Bonchev–Trinajstić information content (AvgIpc) is 3.49. The smallest absolute Gasteiger partial charge is 0.259 e. The Morgan fingerprint density at radius 3 is 2.47 bits per heavy atom. The molecule has 34 heavy (non-hydrogen) atoms. The molecule has 0 saturated carbocycles. The molecule has 3 aromatic carbocycles. The van der Waals surface area contributed by atoms with Crippen molar-refractivity contribution in [1.82, 2.24) is 9.55 Å². The molecular weight excluding hydrogens is 422 g/mol. The normalized spacial score (nSPS) is 13.6. The number of anilines is 1. The number of carbonyl (C=O) groups excluding carboxylic acids is 1. The van der Waals surface area contributed by atoms with Gasteiger partial charge in [0.05, 0.1) is 17.6 Å². The molecule has 3 heterocycles. The standard InChI is InChI=1S/C29H19N3O2/c33-28-25(18-20-8-5-15-30-20)24-17-19(13-14-26(24)31-28)7-6-16-32-27-12-4-3-10-22(27)21-9-1-2-11-23(21)29(32)34/h1-5,8-15,17-18,30H,16H2,(H,31,33). The first-order valence-electron chi connectivity index (χ1n) is 11.0. The van der Waals surface area contributed by atoms with Gasteiger partial charge in [0.15, 0.2) is 0 Å². The van der Waals surface area contributed by atoms with Gasteiger partial charge in [0.2, 0.25) is 0 Å². The Bertz CT molecular complexity index is 1750. The molecule has 0 fully saturated rings. The molecule has 0 radical (unpaired) electrons. The fourth-order valence-electron chi connectivity index (χ4n) is 4.47. The van der Waals surface area contributed by atoms with E-state index in [-0.39, 0.29) is 18.0 Å². The van der Waals surface area contributed by atoms with Gasteiger partial charge in [-0.05, 0) is 53.9 Å². The second kappa shape index (κ2) is 7.95. The Labute approximate surface area is 195 Å². The van der Waals surface area contributed by atoms with Crippen LogP contribution in [0.15, 0.2) is 89.9 Å². The summed E-state index contributed by atoms with van der Waals surface area (Å²) in [4.78, 5) is 28.8. The highest BCUT2D eigenvalue weighted by Crippen LogP contribution is 2.33. The number of pyridine rings is 1. The van der Waals surface area contributed by atoms with E-state index in [0.29, 0.717) is 11.0 Å². The number of nitrogens with zero attached hydrogens (tertiary/aromatic N) is 1. The van der Waals surface area contributed by atoms with E-state index in [1.807, 2.05) is 91.1 Å². The van der Waals surface area contributed by atoms with Crippen LogP contribution in [0.25, 0.3) is 33.3 Å². The summed E-state index contributed by atoms with van der Waals surface area (Å²) in [6.45, 7) is 0.267. The molecule has 1 amide bonds. The number of nitrogens with one attached hydrogen (secondary N) is 2. The third-order valence-electron chi connectivity index (χ3n) is 6.08. The van der Waals surface area contributed by atoms with Crippen LogP contribution in [0.2, 0.25) is 0 Å². The number of amides is 1. The Hall–Kier alpha value is -4.82. The van der Waals surface area contributed by atoms with Crippen LogP contribution in [0.3, 0.4) is 0 Å². The zero-order chi connectivity index (χ0) is 23.1. The van der Waals surface area contributed by atoms with Gasteiger partial charge in [-0.25, -0.2) is 0 Å². The number of carbonyl (C=O) groups is 1. The summed E-state index contributed by atoms with van der Waals surface area (Å²) in [6, 6.07) is 25.0. The van der Waals surface area contributed by atoms with E-state index in [0.717, 1.165) is 38.8 Å². The summed E-state index contributed by atoms with van der Waals surface area (Å²) in [7, 11) is 0. The third-order valence-corrected chi connectivity index (χ3v) is 6.08.